The topological polar surface area (TPSA) is 57.7 Å². The van der Waals surface area contributed by atoms with Crippen molar-refractivity contribution in [3.63, 3.8) is 0 Å². The zero-order chi connectivity index (χ0) is 14.4. The van der Waals surface area contributed by atoms with Gasteiger partial charge in [0, 0.05) is 18.0 Å². The van der Waals surface area contributed by atoms with E-state index in [1.54, 1.807) is 0 Å². The normalized spacial score (nSPS) is 32.5. The van der Waals surface area contributed by atoms with E-state index < -0.39 is 0 Å². The number of hydrogen-bond acceptors (Lipinski definition) is 4. The first-order valence-corrected chi connectivity index (χ1v) is 7.76. The van der Waals surface area contributed by atoms with Crippen molar-refractivity contribution in [2.24, 2.45) is 0 Å². The van der Waals surface area contributed by atoms with Crippen molar-refractivity contribution in [1.29, 1.82) is 0 Å². The predicted molar refractivity (Wildman–Crippen MR) is 80.0 cm³/mol. The number of aromatic nitrogens is 4. The molecular formula is C16H21N5. The van der Waals surface area contributed by atoms with Crippen molar-refractivity contribution in [1.82, 2.24) is 25.5 Å². The fourth-order valence-corrected chi connectivity index (χ4v) is 4.29. The van der Waals surface area contributed by atoms with Crippen LogP contribution in [0.25, 0.3) is 0 Å². The lowest BCUT2D eigenvalue weighted by atomic mass is 9.75. The van der Waals surface area contributed by atoms with Gasteiger partial charge in [-0.15, -0.1) is 10.2 Å². The molecular weight excluding hydrogens is 262 g/mol. The van der Waals surface area contributed by atoms with E-state index in [-0.39, 0.29) is 0 Å². The van der Waals surface area contributed by atoms with E-state index in [1.165, 1.54) is 30.4 Å². The Morgan fingerprint density at radius 1 is 1.19 bits per heavy atom. The largest absolute Gasteiger partial charge is 0.300 e. The van der Waals surface area contributed by atoms with Crippen molar-refractivity contribution in [3.05, 3.63) is 41.2 Å². The van der Waals surface area contributed by atoms with E-state index in [2.05, 4.69) is 63.8 Å². The summed E-state index contributed by atoms with van der Waals surface area (Å²) in [5, 5.41) is 15.0. The zero-order valence-corrected chi connectivity index (χ0v) is 12.5. The third-order valence-electron chi connectivity index (χ3n) is 5.43. The van der Waals surface area contributed by atoms with Crippen molar-refractivity contribution in [3.8, 4) is 0 Å². The summed E-state index contributed by atoms with van der Waals surface area (Å²) in [4.78, 5) is 2.53. The van der Waals surface area contributed by atoms with Crippen molar-refractivity contribution < 1.29 is 0 Å². The first-order chi connectivity index (χ1) is 10.2. The Balaban J connectivity index is 1.75. The zero-order valence-electron chi connectivity index (χ0n) is 12.5. The number of aryl methyl sites for hydroxylation is 1. The van der Waals surface area contributed by atoms with Crippen LogP contribution in [0.2, 0.25) is 0 Å². The van der Waals surface area contributed by atoms with Gasteiger partial charge in [0.1, 0.15) is 0 Å². The van der Waals surface area contributed by atoms with Gasteiger partial charge < -0.3 is 0 Å². The molecule has 2 aliphatic rings. The summed E-state index contributed by atoms with van der Waals surface area (Å²) in [6, 6.07) is 10.2. The molecule has 0 aliphatic carbocycles. The molecule has 2 bridgehead atoms. The van der Waals surface area contributed by atoms with Gasteiger partial charge in [-0.2, -0.15) is 5.21 Å². The van der Waals surface area contributed by atoms with E-state index in [0.717, 1.165) is 5.82 Å². The summed E-state index contributed by atoms with van der Waals surface area (Å²) >= 11 is 0. The maximum Gasteiger partial charge on any atom is 0.179 e. The Morgan fingerprint density at radius 2 is 2.00 bits per heavy atom. The molecule has 3 heterocycles. The van der Waals surface area contributed by atoms with Crippen LogP contribution in [0.15, 0.2) is 24.3 Å². The molecule has 21 heavy (non-hydrogen) atoms. The molecule has 5 heteroatoms. The van der Waals surface area contributed by atoms with Gasteiger partial charge in [0.05, 0.1) is 0 Å². The molecule has 2 aliphatic heterocycles. The maximum atomic E-state index is 4.31. The summed E-state index contributed by atoms with van der Waals surface area (Å²) in [6.07, 6.45) is 3.72. The lowest BCUT2D eigenvalue weighted by Gasteiger charge is -2.42. The summed E-state index contributed by atoms with van der Waals surface area (Å²) < 4.78 is 0. The molecule has 5 nitrogen and oxygen atoms in total. The number of likely N-dealkylation sites (N-methyl/N-ethyl adjacent to an activating group) is 1. The van der Waals surface area contributed by atoms with Gasteiger partial charge in [-0.25, -0.2) is 0 Å². The van der Waals surface area contributed by atoms with Gasteiger partial charge in [0.2, 0.25) is 0 Å². The lowest BCUT2D eigenvalue weighted by Crippen LogP contribution is -2.44. The highest BCUT2D eigenvalue weighted by Gasteiger charge is 2.48. The number of nitrogens with zero attached hydrogens (tertiary/aromatic N) is 4. The molecule has 2 saturated heterocycles. The molecule has 0 spiro atoms. The minimum atomic E-state index is 0.343. The molecule has 4 atom stereocenters. The summed E-state index contributed by atoms with van der Waals surface area (Å²) in [5.74, 6) is 1.71. The van der Waals surface area contributed by atoms with Crippen LogP contribution in [0.5, 0.6) is 0 Å². The molecule has 110 valence electrons. The van der Waals surface area contributed by atoms with E-state index in [4.69, 9.17) is 0 Å². The average molecular weight is 283 g/mol. The molecule has 1 aromatic carbocycles. The van der Waals surface area contributed by atoms with Crippen molar-refractivity contribution in [2.45, 2.75) is 50.1 Å². The number of tetrazole rings is 1. The first-order valence-electron chi connectivity index (χ1n) is 7.76. The number of fused-ring (bicyclic) bond motifs is 2. The molecule has 2 unspecified atom stereocenters. The highest BCUT2D eigenvalue weighted by atomic mass is 15.5. The molecule has 0 radical (unpaired) electrons. The van der Waals surface area contributed by atoms with Gasteiger partial charge in [-0.05, 0) is 44.7 Å². The van der Waals surface area contributed by atoms with Gasteiger partial charge in [-0.3, -0.25) is 4.90 Å². The molecule has 1 N–H and O–H groups in total. The predicted octanol–water partition coefficient (Wildman–Crippen LogP) is 2.24. The van der Waals surface area contributed by atoms with Gasteiger partial charge >= 0.3 is 0 Å². The van der Waals surface area contributed by atoms with Gasteiger partial charge in [0.25, 0.3) is 0 Å². The van der Waals surface area contributed by atoms with Crippen LogP contribution in [-0.4, -0.2) is 44.7 Å². The number of piperidine rings is 1. The molecule has 1 aromatic heterocycles. The Hall–Kier alpha value is -1.75. The Bertz CT molecular complexity index is 606. The minimum absolute atomic E-state index is 0.343. The van der Waals surface area contributed by atoms with Crippen LogP contribution in [-0.2, 0) is 0 Å². The van der Waals surface area contributed by atoms with E-state index in [9.17, 15) is 0 Å². The van der Waals surface area contributed by atoms with Crippen LogP contribution in [0.3, 0.4) is 0 Å². The monoisotopic (exact) mass is 283 g/mol. The maximum absolute atomic E-state index is 4.31. The second-order valence-electron chi connectivity index (χ2n) is 6.51. The molecule has 2 aromatic rings. The third kappa shape index (κ3) is 2.07. The van der Waals surface area contributed by atoms with Crippen LogP contribution >= 0.6 is 0 Å². The van der Waals surface area contributed by atoms with Gasteiger partial charge in [-0.1, -0.05) is 35.0 Å². The number of hydrogen-bond donors (Lipinski definition) is 1. The van der Waals surface area contributed by atoms with Gasteiger partial charge in [0.15, 0.2) is 5.82 Å². The Morgan fingerprint density at radius 3 is 2.71 bits per heavy atom. The Labute approximate surface area is 124 Å². The van der Waals surface area contributed by atoms with Crippen molar-refractivity contribution >= 4 is 0 Å². The highest BCUT2D eigenvalue weighted by Crippen LogP contribution is 2.49. The molecule has 0 amide bonds. The van der Waals surface area contributed by atoms with Crippen molar-refractivity contribution in [2.75, 3.05) is 7.05 Å². The number of benzene rings is 1. The fourth-order valence-electron chi connectivity index (χ4n) is 4.29. The van der Waals surface area contributed by atoms with E-state index in [1.807, 2.05) is 0 Å². The van der Waals surface area contributed by atoms with E-state index >= 15 is 0 Å². The minimum Gasteiger partial charge on any atom is -0.300 e. The summed E-state index contributed by atoms with van der Waals surface area (Å²) in [6.45, 7) is 2.14. The van der Waals surface area contributed by atoms with Crippen LogP contribution < -0.4 is 0 Å². The lowest BCUT2D eigenvalue weighted by molar-refractivity contribution is 0.133. The average Bonchev–Trinajstić information content (AvgIpc) is 3.08. The highest BCUT2D eigenvalue weighted by molar-refractivity contribution is 5.30. The number of nitrogens with one attached hydrogen (secondary N) is 1. The first kappa shape index (κ1) is 13.0. The molecule has 0 saturated carbocycles. The summed E-state index contributed by atoms with van der Waals surface area (Å²) in [7, 11) is 2.25. The van der Waals surface area contributed by atoms with Crippen LogP contribution in [0.1, 0.15) is 48.0 Å². The number of H-pyrrole nitrogens is 1. The fraction of sp³-hybridized carbons (Fsp3) is 0.562. The SMILES string of the molecule is Cc1ccc(C2C[C@H]3CCC([C@H]2c2nn[nH]n2)N3C)cc1. The third-order valence-corrected chi connectivity index (χ3v) is 5.43. The number of aromatic amines is 1. The molecule has 2 fully saturated rings. The van der Waals surface area contributed by atoms with Crippen LogP contribution in [0.4, 0.5) is 0 Å². The quantitative estimate of drug-likeness (QED) is 0.918. The smallest absolute Gasteiger partial charge is 0.179 e. The molecule has 4 rings (SSSR count). The number of rotatable bonds is 2. The second-order valence-corrected chi connectivity index (χ2v) is 6.51. The van der Waals surface area contributed by atoms with Crippen LogP contribution in [0, 0.1) is 6.92 Å². The van der Waals surface area contributed by atoms with E-state index in [0.29, 0.717) is 23.9 Å². The second kappa shape index (κ2) is 4.91. The Kier molecular flexibility index (Phi) is 3.03. The standard InChI is InChI=1S/C16H21N5/c1-10-3-5-11(6-4-10)13-9-12-7-8-14(21(12)2)15(13)16-17-19-20-18-16/h3-6,12-15H,7-9H2,1-2H3,(H,17,18,19,20)/t12-,13?,14?,15+/m1/s1. The summed E-state index contributed by atoms with van der Waals surface area (Å²) in [5.41, 5.74) is 2.73.